The fourth-order valence-corrected chi connectivity index (χ4v) is 1.90. The summed E-state index contributed by atoms with van der Waals surface area (Å²) >= 11 is 0. The van der Waals surface area contributed by atoms with E-state index in [1.165, 1.54) is 0 Å². The van der Waals surface area contributed by atoms with Gasteiger partial charge in [0.2, 0.25) is 0 Å². The summed E-state index contributed by atoms with van der Waals surface area (Å²) in [5.74, 6) is -0.376. The molecule has 18 heavy (non-hydrogen) atoms. The molecule has 9 heteroatoms. The SMILES string of the molecule is NC(=O)NCc1cc(S(=O)(=O)O)cc(CO)c1O. The average Bonchev–Trinajstić information content (AvgIpc) is 2.26. The molecule has 0 aliphatic heterocycles. The van der Waals surface area contributed by atoms with Crippen molar-refractivity contribution in [1.82, 2.24) is 5.32 Å². The van der Waals surface area contributed by atoms with Gasteiger partial charge in [-0.2, -0.15) is 8.42 Å². The van der Waals surface area contributed by atoms with E-state index in [-0.39, 0.29) is 23.4 Å². The highest BCUT2D eigenvalue weighted by Gasteiger charge is 2.16. The molecule has 0 fully saturated rings. The van der Waals surface area contributed by atoms with E-state index in [1.54, 1.807) is 0 Å². The topological polar surface area (TPSA) is 150 Å². The van der Waals surface area contributed by atoms with Gasteiger partial charge in [0.05, 0.1) is 11.5 Å². The number of aliphatic hydroxyl groups excluding tert-OH is 1. The highest BCUT2D eigenvalue weighted by atomic mass is 32.2. The molecule has 0 saturated heterocycles. The van der Waals surface area contributed by atoms with E-state index in [0.29, 0.717) is 0 Å². The molecule has 100 valence electrons. The maximum atomic E-state index is 11.0. The Hall–Kier alpha value is -1.84. The number of aromatic hydroxyl groups is 1. The van der Waals surface area contributed by atoms with Crippen LogP contribution in [0, 0.1) is 0 Å². The van der Waals surface area contributed by atoms with Crippen molar-refractivity contribution in [3.05, 3.63) is 23.3 Å². The van der Waals surface area contributed by atoms with Gasteiger partial charge in [-0.1, -0.05) is 0 Å². The van der Waals surface area contributed by atoms with Gasteiger partial charge in [-0.05, 0) is 12.1 Å². The first-order valence-electron chi connectivity index (χ1n) is 4.72. The lowest BCUT2D eigenvalue weighted by Gasteiger charge is -2.10. The number of carbonyl (C=O) groups excluding carboxylic acids is 1. The molecule has 6 N–H and O–H groups in total. The molecule has 1 aromatic rings. The summed E-state index contributed by atoms with van der Waals surface area (Å²) in [5, 5.41) is 20.8. The third-order valence-corrected chi connectivity index (χ3v) is 2.99. The lowest BCUT2D eigenvalue weighted by Crippen LogP contribution is -2.28. The van der Waals surface area contributed by atoms with Crippen LogP contribution < -0.4 is 11.1 Å². The van der Waals surface area contributed by atoms with E-state index in [9.17, 15) is 18.3 Å². The van der Waals surface area contributed by atoms with Gasteiger partial charge >= 0.3 is 6.03 Å². The summed E-state index contributed by atoms with van der Waals surface area (Å²) in [4.78, 5) is 10.0. The Bertz CT molecular complexity index is 569. The largest absolute Gasteiger partial charge is 0.507 e. The predicted molar refractivity (Wildman–Crippen MR) is 60.3 cm³/mol. The fourth-order valence-electron chi connectivity index (χ4n) is 1.31. The number of aliphatic hydroxyl groups is 1. The monoisotopic (exact) mass is 276 g/mol. The molecule has 1 aromatic carbocycles. The molecule has 2 amide bonds. The minimum atomic E-state index is -4.48. The number of amides is 2. The average molecular weight is 276 g/mol. The van der Waals surface area contributed by atoms with Crippen LogP contribution in [0.4, 0.5) is 4.79 Å². The molecule has 0 radical (unpaired) electrons. The van der Waals surface area contributed by atoms with Gasteiger partial charge in [0.25, 0.3) is 10.1 Å². The van der Waals surface area contributed by atoms with Gasteiger partial charge in [-0.15, -0.1) is 0 Å². The van der Waals surface area contributed by atoms with E-state index in [2.05, 4.69) is 5.32 Å². The molecule has 0 aliphatic carbocycles. The van der Waals surface area contributed by atoms with Crippen LogP contribution in [-0.2, 0) is 23.3 Å². The highest BCUT2D eigenvalue weighted by molar-refractivity contribution is 7.85. The van der Waals surface area contributed by atoms with Crippen LogP contribution in [-0.4, -0.2) is 29.2 Å². The number of nitrogens with one attached hydrogen (secondary N) is 1. The second kappa shape index (κ2) is 5.21. The Morgan fingerprint density at radius 1 is 1.33 bits per heavy atom. The van der Waals surface area contributed by atoms with Crippen LogP contribution in [0.15, 0.2) is 17.0 Å². The van der Waals surface area contributed by atoms with Gasteiger partial charge in [-0.25, -0.2) is 4.79 Å². The number of hydrogen-bond donors (Lipinski definition) is 5. The summed E-state index contributed by atoms with van der Waals surface area (Å²) in [6.07, 6.45) is 0. The van der Waals surface area contributed by atoms with Crippen molar-refractivity contribution < 1.29 is 28.0 Å². The minimum absolute atomic E-state index is 0.00738. The number of carbonyl (C=O) groups is 1. The normalized spacial score (nSPS) is 11.2. The molecular formula is C9H12N2O6S. The fraction of sp³-hybridized carbons (Fsp3) is 0.222. The quantitative estimate of drug-likeness (QED) is 0.459. The molecule has 0 heterocycles. The Balaban J connectivity index is 3.27. The van der Waals surface area contributed by atoms with Crippen molar-refractivity contribution >= 4 is 16.1 Å². The molecular weight excluding hydrogens is 264 g/mol. The third-order valence-electron chi connectivity index (χ3n) is 2.16. The maximum absolute atomic E-state index is 11.0. The van der Waals surface area contributed by atoms with Crippen LogP contribution in [0.2, 0.25) is 0 Å². The van der Waals surface area contributed by atoms with Crippen LogP contribution in [0.3, 0.4) is 0 Å². The number of benzene rings is 1. The van der Waals surface area contributed by atoms with Gasteiger partial charge in [0.1, 0.15) is 5.75 Å². The van der Waals surface area contributed by atoms with Gasteiger partial charge in [-0.3, -0.25) is 4.55 Å². The van der Waals surface area contributed by atoms with Crippen molar-refractivity contribution in [2.45, 2.75) is 18.0 Å². The molecule has 0 atom stereocenters. The highest BCUT2D eigenvalue weighted by Crippen LogP contribution is 2.26. The van der Waals surface area contributed by atoms with Gasteiger partial charge < -0.3 is 21.3 Å². The maximum Gasteiger partial charge on any atom is 0.312 e. The second-order valence-electron chi connectivity index (χ2n) is 3.44. The number of urea groups is 1. The number of phenols is 1. The lowest BCUT2D eigenvalue weighted by atomic mass is 10.1. The molecule has 0 aromatic heterocycles. The Labute approximate surface area is 103 Å². The second-order valence-corrected chi connectivity index (χ2v) is 4.86. The van der Waals surface area contributed by atoms with E-state index < -0.39 is 27.7 Å². The van der Waals surface area contributed by atoms with Crippen molar-refractivity contribution in [1.29, 1.82) is 0 Å². The van der Waals surface area contributed by atoms with Gasteiger partial charge in [0, 0.05) is 17.7 Å². The van der Waals surface area contributed by atoms with E-state index >= 15 is 0 Å². The minimum Gasteiger partial charge on any atom is -0.507 e. The van der Waals surface area contributed by atoms with Crippen LogP contribution in [0.25, 0.3) is 0 Å². The molecule has 0 saturated carbocycles. The van der Waals surface area contributed by atoms with Crippen molar-refractivity contribution in [2.75, 3.05) is 0 Å². The van der Waals surface area contributed by atoms with Crippen molar-refractivity contribution in [3.63, 3.8) is 0 Å². The zero-order chi connectivity index (χ0) is 13.9. The van der Waals surface area contributed by atoms with Crippen LogP contribution in [0.1, 0.15) is 11.1 Å². The molecule has 0 spiro atoms. The van der Waals surface area contributed by atoms with Gasteiger partial charge in [0.15, 0.2) is 0 Å². The summed E-state index contributed by atoms with van der Waals surface area (Å²) in [5.41, 5.74) is 4.75. The first-order valence-corrected chi connectivity index (χ1v) is 6.16. The summed E-state index contributed by atoms with van der Waals surface area (Å²) < 4.78 is 30.9. The third kappa shape index (κ3) is 3.32. The first kappa shape index (κ1) is 14.2. The number of nitrogens with two attached hydrogens (primary N) is 1. The summed E-state index contributed by atoms with van der Waals surface area (Å²) in [6, 6.07) is 1.04. The van der Waals surface area contributed by atoms with Crippen LogP contribution >= 0.6 is 0 Å². The van der Waals surface area contributed by atoms with Crippen LogP contribution in [0.5, 0.6) is 5.75 Å². The first-order chi connectivity index (χ1) is 8.25. The smallest absolute Gasteiger partial charge is 0.312 e. The van der Waals surface area contributed by atoms with E-state index in [0.717, 1.165) is 12.1 Å². The molecule has 0 bridgehead atoms. The Morgan fingerprint density at radius 2 is 1.89 bits per heavy atom. The van der Waals surface area contributed by atoms with E-state index in [4.69, 9.17) is 15.4 Å². The number of primary amides is 1. The molecule has 0 unspecified atom stereocenters. The zero-order valence-electron chi connectivity index (χ0n) is 9.12. The summed E-state index contributed by atoms with van der Waals surface area (Å²) in [7, 11) is -4.48. The predicted octanol–water partition coefficient (Wildman–Crippen LogP) is -0.701. The Kier molecular flexibility index (Phi) is 4.11. The molecule has 0 aliphatic rings. The number of rotatable bonds is 4. The molecule has 1 rings (SSSR count). The Morgan fingerprint density at radius 3 is 2.33 bits per heavy atom. The number of hydrogen-bond acceptors (Lipinski definition) is 5. The van der Waals surface area contributed by atoms with E-state index in [1.807, 2.05) is 0 Å². The lowest BCUT2D eigenvalue weighted by molar-refractivity contribution is 0.248. The van der Waals surface area contributed by atoms with Crippen molar-refractivity contribution in [3.8, 4) is 5.75 Å². The standard InChI is InChI=1S/C9H12N2O6S/c10-9(14)11-3-5-1-7(18(15,16)17)2-6(4-12)8(5)13/h1-2,12-13H,3-4H2,(H3,10,11,14)(H,15,16,17). The molecule has 8 nitrogen and oxygen atoms in total. The zero-order valence-corrected chi connectivity index (χ0v) is 9.94. The van der Waals surface area contributed by atoms with Crippen molar-refractivity contribution in [2.24, 2.45) is 5.73 Å². The summed E-state index contributed by atoms with van der Waals surface area (Å²) in [6.45, 7) is -0.865.